The van der Waals surface area contributed by atoms with E-state index in [0.717, 1.165) is 64.5 Å². The van der Waals surface area contributed by atoms with E-state index >= 15 is 0 Å². The van der Waals surface area contributed by atoms with Crippen LogP contribution >= 0.6 is 0 Å². The van der Waals surface area contributed by atoms with Gasteiger partial charge in [0.25, 0.3) is 0 Å². The first-order valence-corrected chi connectivity index (χ1v) is 13.7. The number of Topliss-reactive ketones (excluding diaryl/α,β-unsaturated/α-hetero) is 1. The first kappa shape index (κ1) is 22.7. The quantitative estimate of drug-likeness (QED) is 0.634. The first-order chi connectivity index (χ1) is 16.6. The van der Waals surface area contributed by atoms with E-state index < -0.39 is 0 Å². The van der Waals surface area contributed by atoms with E-state index in [1.165, 1.54) is 17.7 Å². The van der Waals surface area contributed by atoms with E-state index in [4.69, 9.17) is 9.99 Å². The third-order valence-corrected chi connectivity index (χ3v) is 10.8. The normalized spacial score (nSPS) is 45.0. The summed E-state index contributed by atoms with van der Waals surface area (Å²) in [6.45, 7) is 4.37. The molecular weight excluding hydrogens is 424 g/mol. The van der Waals surface area contributed by atoms with E-state index in [1.807, 2.05) is 0 Å². The minimum absolute atomic E-state index is 0.0790. The topological polar surface area (TPSA) is 70.9 Å². The Bertz CT molecular complexity index is 942. The molecule has 1 saturated heterocycles. The van der Waals surface area contributed by atoms with Gasteiger partial charge >= 0.3 is 0 Å². The molecule has 6 unspecified atom stereocenters. The van der Waals surface area contributed by atoms with Gasteiger partial charge in [-0.1, -0.05) is 42.4 Å². The van der Waals surface area contributed by atoms with Crippen molar-refractivity contribution >= 4 is 11.5 Å². The molecule has 34 heavy (non-hydrogen) atoms. The number of rotatable bonds is 4. The van der Waals surface area contributed by atoms with Crippen molar-refractivity contribution in [3.05, 3.63) is 35.9 Å². The summed E-state index contributed by atoms with van der Waals surface area (Å²) >= 11 is 0. The van der Waals surface area contributed by atoms with Crippen LogP contribution in [0.15, 0.2) is 35.5 Å². The molecule has 0 bridgehead atoms. The van der Waals surface area contributed by atoms with Crippen LogP contribution in [-0.4, -0.2) is 42.4 Å². The molecule has 5 heteroatoms. The standard InChI is InChI=1S/C29H40N2O3/c1-28-14-11-23-21(22(28)9-10-26(28)33)7-8-24-27(19-5-3-2-4-6-19)25(12-15-29(23,24)18-32)31-34-20-13-16-30-17-20/h2-6,20-24,27,30,32H,7-18H2,1H3/b31-25+/t20?,21?,22?,23?,24?,27?,28-,29-/m0/s1. The fraction of sp³-hybridized carbons (Fsp3) is 0.724. The molecule has 5 nitrogen and oxygen atoms in total. The van der Waals surface area contributed by atoms with E-state index in [9.17, 15) is 9.90 Å². The molecule has 0 radical (unpaired) electrons. The third kappa shape index (κ3) is 3.41. The number of carbonyl (C=O) groups excluding carboxylic acids is 1. The van der Waals surface area contributed by atoms with Gasteiger partial charge in [0.2, 0.25) is 0 Å². The van der Waals surface area contributed by atoms with Gasteiger partial charge in [0.15, 0.2) is 0 Å². The van der Waals surface area contributed by atoms with Crippen LogP contribution < -0.4 is 5.32 Å². The summed E-state index contributed by atoms with van der Waals surface area (Å²) in [6.07, 6.45) is 9.24. The van der Waals surface area contributed by atoms with Gasteiger partial charge in [0.05, 0.1) is 5.71 Å². The van der Waals surface area contributed by atoms with Gasteiger partial charge in [-0.15, -0.1) is 0 Å². The number of nitrogens with one attached hydrogen (secondary N) is 1. The molecule has 2 N–H and O–H groups in total. The van der Waals surface area contributed by atoms with Crippen LogP contribution in [-0.2, 0) is 9.63 Å². The molecule has 5 fully saturated rings. The number of benzene rings is 1. The molecule has 184 valence electrons. The van der Waals surface area contributed by atoms with Crippen molar-refractivity contribution in [1.29, 1.82) is 0 Å². The highest BCUT2D eigenvalue weighted by Crippen LogP contribution is 2.67. The number of hydrogen-bond donors (Lipinski definition) is 2. The Labute approximate surface area is 203 Å². The Hall–Kier alpha value is -1.72. The lowest BCUT2D eigenvalue weighted by Gasteiger charge is -2.61. The zero-order valence-corrected chi connectivity index (χ0v) is 20.5. The maximum Gasteiger partial charge on any atom is 0.141 e. The maximum absolute atomic E-state index is 12.8. The van der Waals surface area contributed by atoms with Gasteiger partial charge in [-0.2, -0.15) is 0 Å². The summed E-state index contributed by atoms with van der Waals surface area (Å²) < 4.78 is 0. The fourth-order valence-corrected chi connectivity index (χ4v) is 9.09. The number of nitrogens with zero attached hydrogens (tertiary/aromatic N) is 1. The Morgan fingerprint density at radius 2 is 1.88 bits per heavy atom. The Morgan fingerprint density at radius 1 is 1.03 bits per heavy atom. The van der Waals surface area contributed by atoms with E-state index in [1.54, 1.807) is 0 Å². The SMILES string of the molecule is C[C@]12CCC3C(CCC4C(c5ccccc5)/C(=N/OC5CCNC5)CC[C@@]43CO)C1CCC2=O. The van der Waals surface area contributed by atoms with Gasteiger partial charge in [0.1, 0.15) is 11.9 Å². The average Bonchev–Trinajstić information content (AvgIpc) is 3.50. The molecule has 1 aliphatic heterocycles. The molecule has 8 atom stereocenters. The van der Waals surface area contributed by atoms with Gasteiger partial charge < -0.3 is 15.3 Å². The van der Waals surface area contributed by atoms with Crippen LogP contribution in [0.1, 0.15) is 76.2 Å². The molecule has 4 saturated carbocycles. The Balaban J connectivity index is 1.35. The minimum Gasteiger partial charge on any atom is -0.396 e. The number of oxime groups is 1. The minimum atomic E-state index is -0.117. The first-order valence-electron chi connectivity index (χ1n) is 13.7. The van der Waals surface area contributed by atoms with E-state index in [0.29, 0.717) is 29.5 Å². The summed E-state index contributed by atoms with van der Waals surface area (Å²) in [4.78, 5) is 18.9. The van der Waals surface area contributed by atoms with Crippen molar-refractivity contribution in [3.63, 3.8) is 0 Å². The van der Waals surface area contributed by atoms with Crippen molar-refractivity contribution in [2.75, 3.05) is 19.7 Å². The number of carbonyl (C=O) groups is 1. The van der Waals surface area contributed by atoms with Crippen LogP contribution in [0.2, 0.25) is 0 Å². The van der Waals surface area contributed by atoms with Crippen molar-refractivity contribution in [3.8, 4) is 0 Å². The number of aliphatic hydroxyl groups is 1. The highest BCUT2D eigenvalue weighted by molar-refractivity contribution is 5.92. The maximum atomic E-state index is 12.8. The number of aliphatic hydroxyl groups excluding tert-OH is 1. The summed E-state index contributed by atoms with van der Waals surface area (Å²) in [5.41, 5.74) is 2.28. The predicted octanol–water partition coefficient (Wildman–Crippen LogP) is 4.70. The number of hydrogen-bond acceptors (Lipinski definition) is 5. The predicted molar refractivity (Wildman–Crippen MR) is 133 cm³/mol. The molecule has 6 rings (SSSR count). The molecule has 4 aliphatic carbocycles. The molecule has 1 aromatic carbocycles. The molecule has 0 spiro atoms. The molecule has 1 heterocycles. The number of fused-ring (bicyclic) bond motifs is 5. The number of ketones is 1. The van der Waals surface area contributed by atoms with Crippen LogP contribution in [0.4, 0.5) is 0 Å². The molecule has 5 aliphatic rings. The van der Waals surface area contributed by atoms with E-state index in [-0.39, 0.29) is 29.5 Å². The molecule has 0 aromatic heterocycles. The third-order valence-electron chi connectivity index (χ3n) is 10.8. The lowest BCUT2D eigenvalue weighted by molar-refractivity contribution is -0.145. The van der Waals surface area contributed by atoms with Crippen LogP contribution in [0.5, 0.6) is 0 Å². The van der Waals surface area contributed by atoms with Gasteiger partial charge in [0, 0.05) is 42.7 Å². The lowest BCUT2D eigenvalue weighted by atomic mass is 9.43. The van der Waals surface area contributed by atoms with Gasteiger partial charge in [-0.05, 0) is 80.7 Å². The summed E-state index contributed by atoms with van der Waals surface area (Å²) in [6, 6.07) is 10.8. The van der Waals surface area contributed by atoms with Crippen LogP contribution in [0.25, 0.3) is 0 Å². The second-order valence-electron chi connectivity index (χ2n) is 12.1. The molecular formula is C29H40N2O3. The summed E-state index contributed by atoms with van der Waals surface area (Å²) in [5, 5.41) is 19.3. The van der Waals surface area contributed by atoms with E-state index in [2.05, 4.69) is 42.6 Å². The Morgan fingerprint density at radius 3 is 2.65 bits per heavy atom. The monoisotopic (exact) mass is 464 g/mol. The Kier molecular flexibility index (Phi) is 5.84. The molecule has 0 amide bonds. The van der Waals surface area contributed by atoms with Crippen molar-refractivity contribution in [2.24, 2.45) is 39.7 Å². The smallest absolute Gasteiger partial charge is 0.141 e. The highest BCUT2D eigenvalue weighted by Gasteiger charge is 2.63. The van der Waals surface area contributed by atoms with Crippen molar-refractivity contribution in [1.82, 2.24) is 5.32 Å². The van der Waals surface area contributed by atoms with Crippen LogP contribution in [0.3, 0.4) is 0 Å². The van der Waals surface area contributed by atoms with Crippen molar-refractivity contribution < 1.29 is 14.7 Å². The van der Waals surface area contributed by atoms with Gasteiger partial charge in [-0.25, -0.2) is 0 Å². The second-order valence-corrected chi connectivity index (χ2v) is 12.1. The fourth-order valence-electron chi connectivity index (χ4n) is 9.09. The summed E-state index contributed by atoms with van der Waals surface area (Å²) in [7, 11) is 0. The van der Waals surface area contributed by atoms with Crippen LogP contribution in [0, 0.1) is 34.5 Å². The largest absolute Gasteiger partial charge is 0.396 e. The van der Waals surface area contributed by atoms with Crippen molar-refractivity contribution in [2.45, 2.75) is 76.7 Å². The van der Waals surface area contributed by atoms with Gasteiger partial charge in [-0.3, -0.25) is 4.79 Å². The highest BCUT2D eigenvalue weighted by atomic mass is 16.6. The molecule has 1 aromatic rings. The average molecular weight is 465 g/mol. The second kappa shape index (κ2) is 8.74. The summed E-state index contributed by atoms with van der Waals surface area (Å²) in [5.74, 6) is 2.66. The zero-order chi connectivity index (χ0) is 23.3. The lowest BCUT2D eigenvalue weighted by Crippen LogP contribution is -2.58. The zero-order valence-electron chi connectivity index (χ0n) is 20.5.